The zero-order valence-electron chi connectivity index (χ0n) is 7.88. The van der Waals surface area contributed by atoms with Crippen LogP contribution in [-0.4, -0.2) is 13.1 Å². The number of alkyl halides is 1. The highest BCUT2D eigenvalue weighted by Crippen LogP contribution is 2.23. The normalized spacial score (nSPS) is 9.47. The highest BCUT2D eigenvalue weighted by molar-refractivity contribution is 6.32. The number of carbonyl (C=O) groups excluding carboxylic acids is 1. The van der Waals surface area contributed by atoms with Crippen molar-refractivity contribution in [1.82, 2.24) is 0 Å². The summed E-state index contributed by atoms with van der Waals surface area (Å²) in [6.07, 6.45) is 0. The van der Waals surface area contributed by atoms with Gasteiger partial charge in [-0.05, 0) is 17.7 Å². The molecule has 0 heterocycles. The van der Waals surface area contributed by atoms with E-state index in [0.717, 1.165) is 0 Å². The number of benzene rings is 1. The first-order chi connectivity index (χ1) is 7.13. The third kappa shape index (κ3) is 2.41. The zero-order valence-corrected chi connectivity index (χ0v) is 9.39. The molecule has 0 atom stereocenters. The monoisotopic (exact) mass is 243 g/mol. The van der Waals surface area contributed by atoms with Crippen molar-refractivity contribution in [2.24, 2.45) is 0 Å². The molecule has 0 amide bonds. The first-order valence-corrected chi connectivity index (χ1v) is 4.92. The summed E-state index contributed by atoms with van der Waals surface area (Å²) in [6.45, 7) is 0. The lowest BCUT2D eigenvalue weighted by Gasteiger charge is -2.06. The molecule has 0 saturated carbocycles. The first kappa shape index (κ1) is 11.8. The maximum Gasteiger partial charge on any atom is 0.338 e. The van der Waals surface area contributed by atoms with E-state index in [9.17, 15) is 4.79 Å². The Balaban J connectivity index is 3.36. The minimum Gasteiger partial charge on any atom is -0.465 e. The van der Waals surface area contributed by atoms with Crippen molar-refractivity contribution in [1.29, 1.82) is 5.26 Å². The van der Waals surface area contributed by atoms with Crippen molar-refractivity contribution in [2.75, 3.05) is 7.11 Å². The number of hydrogen-bond acceptors (Lipinski definition) is 3. The molecule has 0 aromatic heterocycles. The molecule has 5 heteroatoms. The molecule has 1 rings (SSSR count). The Labute approximate surface area is 97.2 Å². The quantitative estimate of drug-likeness (QED) is 0.593. The Morgan fingerprint density at radius 1 is 1.60 bits per heavy atom. The van der Waals surface area contributed by atoms with Gasteiger partial charge in [0.15, 0.2) is 0 Å². The SMILES string of the molecule is COC(=O)c1cc(C#N)c(Cl)cc1CCl. The second-order valence-corrected chi connectivity index (χ2v) is 3.40. The fourth-order valence-corrected chi connectivity index (χ4v) is 1.56. The molecule has 0 bridgehead atoms. The number of halogens is 2. The molecule has 0 spiro atoms. The fraction of sp³-hybridized carbons (Fsp3) is 0.200. The third-order valence-corrected chi connectivity index (χ3v) is 2.46. The van der Waals surface area contributed by atoms with Gasteiger partial charge in [-0.15, -0.1) is 11.6 Å². The van der Waals surface area contributed by atoms with E-state index in [1.165, 1.54) is 19.2 Å². The van der Waals surface area contributed by atoms with Crippen LogP contribution >= 0.6 is 23.2 Å². The standard InChI is InChI=1S/C10H7Cl2NO2/c1-15-10(14)8-2-7(5-13)9(12)3-6(8)4-11/h2-3H,4H2,1H3. The Kier molecular flexibility index (Phi) is 3.96. The van der Waals surface area contributed by atoms with Crippen LogP contribution in [0.2, 0.25) is 5.02 Å². The lowest BCUT2D eigenvalue weighted by Crippen LogP contribution is -2.05. The van der Waals surface area contributed by atoms with Crippen molar-refractivity contribution in [3.63, 3.8) is 0 Å². The van der Waals surface area contributed by atoms with Gasteiger partial charge in [0, 0.05) is 5.88 Å². The summed E-state index contributed by atoms with van der Waals surface area (Å²) >= 11 is 11.4. The Bertz CT molecular complexity index is 438. The van der Waals surface area contributed by atoms with E-state index in [2.05, 4.69) is 4.74 Å². The van der Waals surface area contributed by atoms with E-state index in [-0.39, 0.29) is 22.0 Å². The number of carbonyl (C=O) groups is 1. The van der Waals surface area contributed by atoms with Crippen LogP contribution in [0.3, 0.4) is 0 Å². The van der Waals surface area contributed by atoms with E-state index in [1.54, 1.807) is 0 Å². The minimum atomic E-state index is -0.529. The van der Waals surface area contributed by atoms with Crippen molar-refractivity contribution >= 4 is 29.2 Å². The topological polar surface area (TPSA) is 50.1 Å². The molecular formula is C10H7Cl2NO2. The van der Waals surface area contributed by atoms with Crippen LogP contribution in [-0.2, 0) is 10.6 Å². The van der Waals surface area contributed by atoms with Gasteiger partial charge in [0.05, 0.1) is 23.3 Å². The van der Waals surface area contributed by atoms with Gasteiger partial charge in [0.25, 0.3) is 0 Å². The van der Waals surface area contributed by atoms with Crippen LogP contribution in [0.15, 0.2) is 12.1 Å². The summed E-state index contributed by atoms with van der Waals surface area (Å²) in [7, 11) is 1.26. The molecule has 0 saturated heterocycles. The summed E-state index contributed by atoms with van der Waals surface area (Å²) in [5, 5.41) is 9.02. The predicted molar refractivity (Wildman–Crippen MR) is 57.1 cm³/mol. The number of methoxy groups -OCH3 is 1. The second kappa shape index (κ2) is 5.01. The van der Waals surface area contributed by atoms with Crippen LogP contribution in [0.5, 0.6) is 0 Å². The summed E-state index contributed by atoms with van der Waals surface area (Å²) in [5.74, 6) is -0.394. The van der Waals surface area contributed by atoms with Crippen molar-refractivity contribution in [2.45, 2.75) is 5.88 Å². The van der Waals surface area contributed by atoms with E-state index in [0.29, 0.717) is 5.56 Å². The van der Waals surface area contributed by atoms with Crippen molar-refractivity contribution in [3.8, 4) is 6.07 Å². The molecule has 78 valence electrons. The maximum absolute atomic E-state index is 11.3. The van der Waals surface area contributed by atoms with E-state index >= 15 is 0 Å². The molecule has 0 fully saturated rings. The van der Waals surface area contributed by atoms with Gasteiger partial charge < -0.3 is 4.74 Å². The van der Waals surface area contributed by atoms with E-state index < -0.39 is 5.97 Å². The van der Waals surface area contributed by atoms with Gasteiger partial charge in [0.2, 0.25) is 0 Å². The molecule has 0 aliphatic carbocycles. The van der Waals surface area contributed by atoms with Crippen molar-refractivity contribution < 1.29 is 9.53 Å². The summed E-state index contributed by atoms with van der Waals surface area (Å²) in [6, 6.07) is 4.76. The van der Waals surface area contributed by atoms with Crippen LogP contribution in [0.25, 0.3) is 0 Å². The molecule has 0 aliphatic rings. The summed E-state index contributed by atoms with van der Waals surface area (Å²) < 4.78 is 4.57. The molecule has 0 radical (unpaired) electrons. The lowest BCUT2D eigenvalue weighted by atomic mass is 10.1. The Morgan fingerprint density at radius 3 is 2.73 bits per heavy atom. The van der Waals surface area contributed by atoms with Gasteiger partial charge in [0.1, 0.15) is 6.07 Å². The van der Waals surface area contributed by atoms with Crippen LogP contribution in [0.4, 0.5) is 0 Å². The molecule has 1 aromatic carbocycles. The van der Waals surface area contributed by atoms with Crippen LogP contribution < -0.4 is 0 Å². The van der Waals surface area contributed by atoms with E-state index in [1.807, 2.05) is 6.07 Å². The number of nitriles is 1. The number of rotatable bonds is 2. The third-order valence-electron chi connectivity index (χ3n) is 1.86. The molecule has 15 heavy (non-hydrogen) atoms. The molecule has 1 aromatic rings. The largest absolute Gasteiger partial charge is 0.465 e. The number of nitrogens with zero attached hydrogens (tertiary/aromatic N) is 1. The van der Waals surface area contributed by atoms with Gasteiger partial charge >= 0.3 is 5.97 Å². The highest BCUT2D eigenvalue weighted by atomic mass is 35.5. The number of ether oxygens (including phenoxy) is 1. The van der Waals surface area contributed by atoms with Gasteiger partial charge in [-0.25, -0.2) is 4.79 Å². The maximum atomic E-state index is 11.3. The van der Waals surface area contributed by atoms with Gasteiger partial charge in [-0.1, -0.05) is 11.6 Å². The first-order valence-electron chi connectivity index (χ1n) is 4.00. The van der Waals surface area contributed by atoms with Crippen LogP contribution in [0.1, 0.15) is 21.5 Å². The van der Waals surface area contributed by atoms with E-state index in [4.69, 9.17) is 28.5 Å². The average molecular weight is 244 g/mol. The Hall–Kier alpha value is -1.24. The average Bonchev–Trinajstić information content (AvgIpc) is 2.27. The molecule has 3 nitrogen and oxygen atoms in total. The zero-order chi connectivity index (χ0) is 11.4. The fourth-order valence-electron chi connectivity index (χ4n) is 1.11. The molecule has 0 aliphatic heterocycles. The molecule has 0 unspecified atom stereocenters. The van der Waals surface area contributed by atoms with Gasteiger partial charge in [-0.3, -0.25) is 0 Å². The number of esters is 1. The summed E-state index contributed by atoms with van der Waals surface area (Å²) in [5.41, 5.74) is 1.05. The highest BCUT2D eigenvalue weighted by Gasteiger charge is 2.14. The van der Waals surface area contributed by atoms with Crippen LogP contribution in [0, 0.1) is 11.3 Å². The second-order valence-electron chi connectivity index (χ2n) is 2.73. The smallest absolute Gasteiger partial charge is 0.338 e. The predicted octanol–water partition coefficient (Wildman–Crippen LogP) is 2.74. The summed E-state index contributed by atoms with van der Waals surface area (Å²) in [4.78, 5) is 11.3. The van der Waals surface area contributed by atoms with Gasteiger partial charge in [-0.2, -0.15) is 5.26 Å². The molecule has 0 N–H and O–H groups in total. The lowest BCUT2D eigenvalue weighted by molar-refractivity contribution is 0.0600. The number of hydrogen-bond donors (Lipinski definition) is 0. The van der Waals surface area contributed by atoms with Crippen molar-refractivity contribution in [3.05, 3.63) is 33.8 Å². The molecular weight excluding hydrogens is 237 g/mol. The minimum absolute atomic E-state index is 0.135. The Morgan fingerprint density at radius 2 is 2.27 bits per heavy atom.